The van der Waals surface area contributed by atoms with Crippen LogP contribution in [0.5, 0.6) is 0 Å². The number of nitrogens with zero attached hydrogens (tertiary/aromatic N) is 3. The number of hydrogen-bond donors (Lipinski definition) is 0. The Balaban J connectivity index is 1.44. The van der Waals surface area contributed by atoms with E-state index in [-0.39, 0.29) is 23.9 Å². The van der Waals surface area contributed by atoms with Crippen molar-refractivity contribution in [1.82, 2.24) is 9.29 Å². The normalized spacial score (nSPS) is 17.0. The molecule has 1 aliphatic rings. The van der Waals surface area contributed by atoms with Crippen LogP contribution in [0.4, 0.5) is 9.52 Å². The van der Waals surface area contributed by atoms with Gasteiger partial charge in [-0.3, -0.25) is 9.69 Å². The van der Waals surface area contributed by atoms with Crippen molar-refractivity contribution in [3.8, 4) is 0 Å². The van der Waals surface area contributed by atoms with Crippen molar-refractivity contribution in [2.24, 2.45) is 5.92 Å². The average Bonchev–Trinajstić information content (AvgIpc) is 3.53. The van der Waals surface area contributed by atoms with Crippen LogP contribution in [0.25, 0.3) is 10.2 Å². The van der Waals surface area contributed by atoms with E-state index in [9.17, 15) is 17.6 Å². The molecule has 1 unspecified atom stereocenters. The van der Waals surface area contributed by atoms with E-state index in [4.69, 9.17) is 16.0 Å². The van der Waals surface area contributed by atoms with Gasteiger partial charge in [0.1, 0.15) is 17.1 Å². The van der Waals surface area contributed by atoms with Crippen LogP contribution in [0.15, 0.2) is 70.2 Å². The summed E-state index contributed by atoms with van der Waals surface area (Å²) in [6.45, 7) is 0.474. The summed E-state index contributed by atoms with van der Waals surface area (Å²) < 4.78 is 47.2. The minimum Gasteiger partial charge on any atom is -0.467 e. The zero-order chi connectivity index (χ0) is 24.6. The minimum atomic E-state index is -3.86. The summed E-state index contributed by atoms with van der Waals surface area (Å²) in [4.78, 5) is 19.9. The van der Waals surface area contributed by atoms with Gasteiger partial charge < -0.3 is 4.42 Å². The van der Waals surface area contributed by atoms with Crippen molar-refractivity contribution in [2.75, 3.05) is 18.0 Å². The number of amides is 1. The smallest absolute Gasteiger partial charge is 0.243 e. The van der Waals surface area contributed by atoms with E-state index in [1.54, 1.807) is 23.1 Å². The number of benzene rings is 2. The maximum atomic E-state index is 13.8. The third-order valence-corrected chi connectivity index (χ3v) is 9.16. The number of furan rings is 1. The molecule has 3 heterocycles. The lowest BCUT2D eigenvalue weighted by molar-refractivity contribution is -0.123. The number of hydrogen-bond acceptors (Lipinski definition) is 6. The summed E-state index contributed by atoms with van der Waals surface area (Å²) in [6, 6.07) is 13.7. The van der Waals surface area contributed by atoms with Crippen molar-refractivity contribution in [1.29, 1.82) is 0 Å². The molecular formula is C24H21ClFN3O4S2. The van der Waals surface area contributed by atoms with Crippen LogP contribution >= 0.6 is 22.9 Å². The largest absolute Gasteiger partial charge is 0.467 e. The van der Waals surface area contributed by atoms with Gasteiger partial charge in [0.2, 0.25) is 15.9 Å². The van der Waals surface area contributed by atoms with Crippen LogP contribution in [-0.4, -0.2) is 36.7 Å². The molecule has 35 heavy (non-hydrogen) atoms. The molecule has 2 aromatic heterocycles. The van der Waals surface area contributed by atoms with E-state index in [1.165, 1.54) is 34.0 Å². The lowest BCUT2D eigenvalue weighted by atomic mass is 9.98. The zero-order valence-electron chi connectivity index (χ0n) is 18.4. The molecule has 1 fully saturated rings. The predicted molar refractivity (Wildman–Crippen MR) is 132 cm³/mol. The van der Waals surface area contributed by atoms with Crippen molar-refractivity contribution >= 4 is 54.2 Å². The molecule has 2 aromatic carbocycles. The third-order valence-electron chi connectivity index (χ3n) is 5.93. The second-order valence-electron chi connectivity index (χ2n) is 8.24. The van der Waals surface area contributed by atoms with Crippen LogP contribution in [-0.2, 0) is 21.4 Å². The second kappa shape index (κ2) is 9.69. The third kappa shape index (κ3) is 4.84. The van der Waals surface area contributed by atoms with Gasteiger partial charge in [-0.25, -0.2) is 17.8 Å². The predicted octanol–water partition coefficient (Wildman–Crippen LogP) is 5.32. The molecule has 0 saturated carbocycles. The Kier molecular flexibility index (Phi) is 6.63. The molecule has 0 radical (unpaired) electrons. The Labute approximate surface area is 210 Å². The zero-order valence-corrected chi connectivity index (χ0v) is 20.8. The molecule has 0 N–H and O–H groups in total. The molecule has 11 heteroatoms. The Morgan fingerprint density at radius 3 is 2.71 bits per heavy atom. The molecule has 4 aromatic rings. The average molecular weight is 534 g/mol. The first kappa shape index (κ1) is 23.9. The van der Waals surface area contributed by atoms with E-state index in [0.29, 0.717) is 40.8 Å². The second-order valence-corrected chi connectivity index (χ2v) is 11.6. The highest BCUT2D eigenvalue weighted by molar-refractivity contribution is 7.89. The maximum Gasteiger partial charge on any atom is 0.243 e. The maximum absolute atomic E-state index is 13.8. The molecule has 1 aliphatic heterocycles. The van der Waals surface area contributed by atoms with Gasteiger partial charge in [-0.1, -0.05) is 29.0 Å². The number of fused-ring (bicyclic) bond motifs is 1. The molecule has 7 nitrogen and oxygen atoms in total. The standard InChI is InChI=1S/C24H21ClFN3O4S2/c25-20-6-1-7-21-22(20)27-24(34-21)29(15-18-5-3-13-33-18)23(30)16-4-2-12-28(14-16)35(31,32)19-10-8-17(26)9-11-19/h1,3,5-11,13,16H,2,4,12,14-15H2. The highest BCUT2D eigenvalue weighted by atomic mass is 35.5. The van der Waals surface area contributed by atoms with Crippen molar-refractivity contribution in [2.45, 2.75) is 24.3 Å². The fourth-order valence-corrected chi connectivity index (χ4v) is 6.95. The number of para-hydroxylation sites is 1. The summed E-state index contributed by atoms with van der Waals surface area (Å²) in [7, 11) is -3.86. The Morgan fingerprint density at radius 2 is 2.00 bits per heavy atom. The Hall–Kier alpha value is -2.79. The lowest BCUT2D eigenvalue weighted by Crippen LogP contribution is -2.46. The van der Waals surface area contributed by atoms with E-state index in [2.05, 4.69) is 4.98 Å². The molecule has 1 atom stereocenters. The van der Waals surface area contributed by atoms with E-state index >= 15 is 0 Å². The number of thiazole rings is 1. The summed E-state index contributed by atoms with van der Waals surface area (Å²) in [5, 5.41) is 0.956. The van der Waals surface area contributed by atoms with Gasteiger partial charge in [-0.2, -0.15) is 4.31 Å². The summed E-state index contributed by atoms with van der Waals surface area (Å²) in [6.07, 6.45) is 2.59. The van der Waals surface area contributed by atoms with Crippen molar-refractivity contribution in [3.05, 3.63) is 77.5 Å². The SMILES string of the molecule is O=C(C1CCCN(S(=O)(=O)c2ccc(F)cc2)C1)N(Cc1ccco1)c1nc2c(Cl)cccc2s1. The summed E-state index contributed by atoms with van der Waals surface area (Å²) in [5.41, 5.74) is 0.607. The number of piperidine rings is 1. The summed E-state index contributed by atoms with van der Waals surface area (Å²) in [5.74, 6) is -0.748. The van der Waals surface area contributed by atoms with Crippen molar-refractivity contribution < 1.29 is 22.0 Å². The number of sulfonamides is 1. The van der Waals surface area contributed by atoms with E-state index in [0.717, 1.165) is 16.8 Å². The molecular weight excluding hydrogens is 513 g/mol. The van der Waals surface area contributed by atoms with Gasteiger partial charge in [0.05, 0.1) is 33.3 Å². The number of anilines is 1. The molecule has 1 amide bonds. The molecule has 1 saturated heterocycles. The monoisotopic (exact) mass is 533 g/mol. The first-order valence-electron chi connectivity index (χ1n) is 11.0. The quantitative estimate of drug-likeness (QED) is 0.335. The molecule has 5 rings (SSSR count). The fraction of sp³-hybridized carbons (Fsp3) is 0.250. The van der Waals surface area contributed by atoms with Crippen LogP contribution in [0.3, 0.4) is 0 Å². The first-order chi connectivity index (χ1) is 16.8. The van der Waals surface area contributed by atoms with E-state index in [1.807, 2.05) is 12.1 Å². The number of aromatic nitrogens is 1. The highest BCUT2D eigenvalue weighted by Gasteiger charge is 2.36. The van der Waals surface area contributed by atoms with Gasteiger partial charge in [0.15, 0.2) is 5.13 Å². The lowest BCUT2D eigenvalue weighted by Gasteiger charge is -2.33. The van der Waals surface area contributed by atoms with Gasteiger partial charge in [0.25, 0.3) is 0 Å². The summed E-state index contributed by atoms with van der Waals surface area (Å²) >= 11 is 7.65. The number of carbonyl (C=O) groups excluding carboxylic acids is 1. The van der Waals surface area contributed by atoms with Crippen LogP contribution in [0, 0.1) is 11.7 Å². The fourth-order valence-electron chi connectivity index (χ4n) is 4.16. The van der Waals surface area contributed by atoms with Crippen LogP contribution < -0.4 is 4.90 Å². The Bertz CT molecular complexity index is 1460. The molecule has 0 bridgehead atoms. The van der Waals surface area contributed by atoms with E-state index < -0.39 is 21.8 Å². The van der Waals surface area contributed by atoms with Gasteiger partial charge in [-0.15, -0.1) is 0 Å². The molecule has 182 valence electrons. The van der Waals surface area contributed by atoms with Gasteiger partial charge in [-0.05, 0) is 61.4 Å². The first-order valence-corrected chi connectivity index (χ1v) is 13.6. The number of halogens is 2. The minimum absolute atomic E-state index is 0.000237. The van der Waals surface area contributed by atoms with Crippen LogP contribution in [0.1, 0.15) is 18.6 Å². The Morgan fingerprint density at radius 1 is 1.20 bits per heavy atom. The highest BCUT2D eigenvalue weighted by Crippen LogP contribution is 2.35. The molecule has 0 aliphatic carbocycles. The number of rotatable bonds is 6. The van der Waals surface area contributed by atoms with Gasteiger partial charge >= 0.3 is 0 Å². The van der Waals surface area contributed by atoms with Crippen molar-refractivity contribution in [3.63, 3.8) is 0 Å². The molecule has 0 spiro atoms. The number of carbonyl (C=O) groups is 1. The van der Waals surface area contributed by atoms with Crippen LogP contribution in [0.2, 0.25) is 5.02 Å². The van der Waals surface area contributed by atoms with Gasteiger partial charge in [0, 0.05) is 13.1 Å². The topological polar surface area (TPSA) is 83.7 Å².